The summed E-state index contributed by atoms with van der Waals surface area (Å²) in [5, 5.41) is 2.97. The highest BCUT2D eigenvalue weighted by Crippen LogP contribution is 2.22. The first-order chi connectivity index (χ1) is 10.1. The maximum atomic E-state index is 12.5. The van der Waals surface area contributed by atoms with Crippen LogP contribution in [0.1, 0.15) is 65.7 Å². The summed E-state index contributed by atoms with van der Waals surface area (Å²) in [6.07, 6.45) is 6.79. The van der Waals surface area contributed by atoms with Crippen LogP contribution in [-0.2, 0) is 9.59 Å². The van der Waals surface area contributed by atoms with Crippen LogP contribution >= 0.6 is 0 Å². The van der Waals surface area contributed by atoms with Crippen molar-refractivity contribution < 1.29 is 9.59 Å². The molecule has 0 aromatic carbocycles. The molecule has 122 valence electrons. The van der Waals surface area contributed by atoms with Crippen LogP contribution in [0, 0.1) is 11.8 Å². The van der Waals surface area contributed by atoms with E-state index in [1.807, 2.05) is 4.90 Å². The van der Waals surface area contributed by atoms with Crippen LogP contribution in [-0.4, -0.2) is 36.3 Å². The van der Waals surface area contributed by atoms with Crippen molar-refractivity contribution in [1.29, 1.82) is 0 Å². The van der Waals surface area contributed by atoms with Gasteiger partial charge in [0.25, 0.3) is 0 Å². The normalized spacial score (nSPS) is 17.6. The van der Waals surface area contributed by atoms with Gasteiger partial charge in [0.2, 0.25) is 11.8 Å². The number of unbranched alkanes of at least 4 members (excludes halogenated alkanes) is 1. The Bertz CT molecular complexity index is 323. The zero-order chi connectivity index (χ0) is 15.7. The summed E-state index contributed by atoms with van der Waals surface area (Å²) in [5.74, 6) is 0.743. The van der Waals surface area contributed by atoms with Crippen molar-refractivity contribution in [2.75, 3.05) is 19.6 Å². The second kappa shape index (κ2) is 9.80. The maximum absolute atomic E-state index is 12.5. The molecule has 1 saturated heterocycles. The Morgan fingerprint density at radius 1 is 1.14 bits per heavy atom. The van der Waals surface area contributed by atoms with Crippen LogP contribution < -0.4 is 5.32 Å². The molecule has 1 N–H and O–H groups in total. The van der Waals surface area contributed by atoms with E-state index in [1.165, 1.54) is 0 Å². The summed E-state index contributed by atoms with van der Waals surface area (Å²) >= 11 is 0. The molecule has 0 aromatic heterocycles. The molecule has 1 aliphatic rings. The average molecular weight is 296 g/mol. The number of nitrogens with zero attached hydrogens (tertiary/aromatic N) is 1. The highest BCUT2D eigenvalue weighted by atomic mass is 16.2. The van der Waals surface area contributed by atoms with Crippen molar-refractivity contribution >= 4 is 11.8 Å². The first-order valence-corrected chi connectivity index (χ1v) is 8.70. The van der Waals surface area contributed by atoms with Crippen LogP contribution in [0.5, 0.6) is 0 Å². The molecule has 1 unspecified atom stereocenters. The lowest BCUT2D eigenvalue weighted by Gasteiger charge is -2.33. The lowest BCUT2D eigenvalue weighted by Crippen LogP contribution is -2.45. The van der Waals surface area contributed by atoms with Gasteiger partial charge in [0.05, 0.1) is 0 Å². The fraction of sp³-hybridized carbons (Fsp3) is 0.882. The van der Waals surface area contributed by atoms with Crippen molar-refractivity contribution in [1.82, 2.24) is 10.2 Å². The topological polar surface area (TPSA) is 49.4 Å². The Labute approximate surface area is 129 Å². The number of piperidine rings is 1. The van der Waals surface area contributed by atoms with E-state index in [1.54, 1.807) is 0 Å². The Hall–Kier alpha value is -1.06. The Morgan fingerprint density at radius 2 is 1.81 bits per heavy atom. The van der Waals surface area contributed by atoms with Crippen molar-refractivity contribution in [3.63, 3.8) is 0 Å². The molecule has 0 bridgehead atoms. The van der Waals surface area contributed by atoms with Gasteiger partial charge in [0.15, 0.2) is 0 Å². The lowest BCUT2D eigenvalue weighted by atomic mass is 9.92. The molecule has 1 heterocycles. The highest BCUT2D eigenvalue weighted by Gasteiger charge is 2.29. The lowest BCUT2D eigenvalue weighted by molar-refractivity contribution is -0.139. The minimum atomic E-state index is 0.0938. The van der Waals surface area contributed by atoms with E-state index >= 15 is 0 Å². The standard InChI is InChI=1S/C17H32N2O2/c1-4-7-8-14(6-3)17(21)19-12-9-15(10-13-19)16(20)18-11-5-2/h14-15H,4-13H2,1-3H3,(H,18,20). The molecule has 21 heavy (non-hydrogen) atoms. The Balaban J connectivity index is 2.40. The number of carbonyl (C=O) groups is 2. The highest BCUT2D eigenvalue weighted by molar-refractivity contribution is 5.81. The van der Waals surface area contributed by atoms with Gasteiger partial charge in [-0.25, -0.2) is 0 Å². The summed E-state index contributed by atoms with van der Waals surface area (Å²) in [5.41, 5.74) is 0. The molecule has 1 aliphatic heterocycles. The molecular formula is C17H32N2O2. The summed E-state index contributed by atoms with van der Waals surface area (Å²) in [6, 6.07) is 0. The van der Waals surface area contributed by atoms with Gasteiger partial charge in [-0.2, -0.15) is 0 Å². The third-order valence-electron chi connectivity index (χ3n) is 4.47. The third kappa shape index (κ3) is 5.68. The zero-order valence-electron chi connectivity index (χ0n) is 14.0. The zero-order valence-corrected chi connectivity index (χ0v) is 14.0. The van der Waals surface area contributed by atoms with Gasteiger partial charge in [-0.15, -0.1) is 0 Å². The van der Waals surface area contributed by atoms with Gasteiger partial charge in [-0.1, -0.05) is 33.6 Å². The molecule has 1 fully saturated rings. The Kier molecular flexibility index (Phi) is 8.40. The molecular weight excluding hydrogens is 264 g/mol. The van der Waals surface area contributed by atoms with Crippen molar-refractivity contribution in [2.24, 2.45) is 11.8 Å². The number of likely N-dealkylation sites (tertiary alicyclic amines) is 1. The molecule has 0 aromatic rings. The van der Waals surface area contributed by atoms with Gasteiger partial charge in [0.1, 0.15) is 0 Å². The predicted octanol–water partition coefficient (Wildman–Crippen LogP) is 2.97. The number of hydrogen-bond acceptors (Lipinski definition) is 2. The van der Waals surface area contributed by atoms with Crippen LogP contribution in [0.2, 0.25) is 0 Å². The third-order valence-corrected chi connectivity index (χ3v) is 4.47. The van der Waals surface area contributed by atoms with Crippen LogP contribution in [0.25, 0.3) is 0 Å². The van der Waals surface area contributed by atoms with Crippen LogP contribution in [0.3, 0.4) is 0 Å². The largest absolute Gasteiger partial charge is 0.356 e. The van der Waals surface area contributed by atoms with E-state index in [9.17, 15) is 9.59 Å². The number of amides is 2. The number of rotatable bonds is 8. The van der Waals surface area contributed by atoms with E-state index in [0.29, 0.717) is 5.91 Å². The maximum Gasteiger partial charge on any atom is 0.225 e. The van der Waals surface area contributed by atoms with Gasteiger partial charge in [-0.3, -0.25) is 9.59 Å². The van der Waals surface area contributed by atoms with E-state index in [4.69, 9.17) is 0 Å². The van der Waals surface area contributed by atoms with E-state index in [-0.39, 0.29) is 17.7 Å². The first kappa shape index (κ1) is 18.0. The van der Waals surface area contributed by atoms with E-state index < -0.39 is 0 Å². The fourth-order valence-electron chi connectivity index (χ4n) is 2.97. The van der Waals surface area contributed by atoms with Crippen molar-refractivity contribution in [3.05, 3.63) is 0 Å². The van der Waals surface area contributed by atoms with Crippen LogP contribution in [0.15, 0.2) is 0 Å². The fourth-order valence-corrected chi connectivity index (χ4v) is 2.97. The van der Waals surface area contributed by atoms with Crippen molar-refractivity contribution in [2.45, 2.75) is 65.7 Å². The molecule has 0 spiro atoms. The quantitative estimate of drug-likeness (QED) is 0.748. The Morgan fingerprint density at radius 3 is 2.33 bits per heavy atom. The molecule has 0 saturated carbocycles. The smallest absolute Gasteiger partial charge is 0.225 e. The number of nitrogens with one attached hydrogen (secondary N) is 1. The van der Waals surface area contributed by atoms with E-state index in [0.717, 1.165) is 64.6 Å². The minimum absolute atomic E-state index is 0.0938. The molecule has 4 nitrogen and oxygen atoms in total. The van der Waals surface area contributed by atoms with Gasteiger partial charge >= 0.3 is 0 Å². The molecule has 1 atom stereocenters. The summed E-state index contributed by atoms with van der Waals surface area (Å²) in [6.45, 7) is 8.56. The van der Waals surface area contributed by atoms with Crippen LogP contribution in [0.4, 0.5) is 0 Å². The number of hydrogen-bond donors (Lipinski definition) is 1. The van der Waals surface area contributed by atoms with E-state index in [2.05, 4.69) is 26.1 Å². The molecule has 2 amide bonds. The monoisotopic (exact) mass is 296 g/mol. The minimum Gasteiger partial charge on any atom is -0.356 e. The summed E-state index contributed by atoms with van der Waals surface area (Å²) < 4.78 is 0. The summed E-state index contributed by atoms with van der Waals surface area (Å²) in [4.78, 5) is 26.4. The SMILES string of the molecule is CCCCC(CC)C(=O)N1CCC(C(=O)NCCC)CC1. The summed E-state index contributed by atoms with van der Waals surface area (Å²) in [7, 11) is 0. The van der Waals surface area contributed by atoms with Crippen molar-refractivity contribution in [3.8, 4) is 0 Å². The molecule has 0 radical (unpaired) electrons. The molecule has 0 aliphatic carbocycles. The van der Waals surface area contributed by atoms with Gasteiger partial charge in [-0.05, 0) is 32.1 Å². The second-order valence-corrected chi connectivity index (χ2v) is 6.14. The number of carbonyl (C=O) groups excluding carboxylic acids is 2. The first-order valence-electron chi connectivity index (χ1n) is 8.70. The second-order valence-electron chi connectivity index (χ2n) is 6.14. The van der Waals surface area contributed by atoms with Gasteiger partial charge in [0, 0.05) is 31.5 Å². The predicted molar refractivity (Wildman–Crippen MR) is 85.9 cm³/mol. The van der Waals surface area contributed by atoms with Gasteiger partial charge < -0.3 is 10.2 Å². The average Bonchev–Trinajstić information content (AvgIpc) is 2.53. The molecule has 1 rings (SSSR count). The molecule has 4 heteroatoms.